The van der Waals surface area contributed by atoms with E-state index in [1.54, 1.807) is 14.2 Å². The Labute approximate surface area is 89.2 Å². The van der Waals surface area contributed by atoms with Crippen molar-refractivity contribution < 1.29 is 19.1 Å². The van der Waals surface area contributed by atoms with Gasteiger partial charge < -0.3 is 14.3 Å². The Morgan fingerprint density at radius 3 is 2.60 bits per heavy atom. The molecule has 0 aromatic carbocycles. The predicted octanol–water partition coefficient (Wildman–Crippen LogP) is 0.956. The van der Waals surface area contributed by atoms with E-state index in [0.717, 1.165) is 19.0 Å². The highest BCUT2D eigenvalue weighted by Crippen LogP contribution is 2.33. The molecule has 1 aliphatic rings. The Kier molecular flexibility index (Phi) is 4.65. The smallest absolute Gasteiger partial charge is 0.157 e. The summed E-state index contributed by atoms with van der Waals surface area (Å²) in [6.45, 7) is 0. The summed E-state index contributed by atoms with van der Waals surface area (Å²) >= 11 is 0. The molecule has 0 aliphatic heterocycles. The molecule has 2 unspecified atom stereocenters. The van der Waals surface area contributed by atoms with Crippen LogP contribution in [0.4, 0.5) is 0 Å². The molecular formula is C11H16O4. The monoisotopic (exact) mass is 212 g/mol. The van der Waals surface area contributed by atoms with E-state index in [1.165, 1.54) is 0 Å². The number of rotatable bonds is 6. The number of methoxy groups -OCH3 is 2. The summed E-state index contributed by atoms with van der Waals surface area (Å²) in [5, 5.41) is 0. The third-order valence-electron chi connectivity index (χ3n) is 2.85. The second-order valence-corrected chi connectivity index (χ2v) is 3.62. The summed E-state index contributed by atoms with van der Waals surface area (Å²) in [6.07, 6.45) is 4.47. The van der Waals surface area contributed by atoms with Gasteiger partial charge in [0, 0.05) is 26.6 Å². The average Bonchev–Trinajstić information content (AvgIpc) is 2.67. The summed E-state index contributed by atoms with van der Waals surface area (Å²) in [5.41, 5.74) is 0.584. The number of ether oxygens (including phenoxy) is 2. The molecule has 2 atom stereocenters. The summed E-state index contributed by atoms with van der Waals surface area (Å²) in [6, 6.07) is 0. The molecule has 0 amide bonds. The van der Waals surface area contributed by atoms with Crippen LogP contribution in [-0.2, 0) is 19.1 Å². The van der Waals surface area contributed by atoms with Crippen LogP contribution in [0.3, 0.4) is 0 Å². The molecule has 0 aromatic rings. The topological polar surface area (TPSA) is 52.6 Å². The van der Waals surface area contributed by atoms with Gasteiger partial charge in [0.2, 0.25) is 0 Å². The molecule has 1 aliphatic carbocycles. The average molecular weight is 212 g/mol. The molecule has 0 aromatic heterocycles. The van der Waals surface area contributed by atoms with E-state index in [2.05, 4.69) is 0 Å². The summed E-state index contributed by atoms with van der Waals surface area (Å²) in [5.74, 6) is -0.178. The van der Waals surface area contributed by atoms with Gasteiger partial charge in [-0.25, -0.2) is 0 Å². The number of hydrogen-bond donors (Lipinski definition) is 0. The van der Waals surface area contributed by atoms with Gasteiger partial charge in [0.05, 0.1) is 0 Å². The zero-order valence-electron chi connectivity index (χ0n) is 9.01. The van der Waals surface area contributed by atoms with Crippen molar-refractivity contribution in [3.8, 4) is 0 Å². The van der Waals surface area contributed by atoms with Crippen molar-refractivity contribution in [3.05, 3.63) is 11.6 Å². The second kappa shape index (κ2) is 5.78. The van der Waals surface area contributed by atoms with Crippen molar-refractivity contribution in [1.29, 1.82) is 0 Å². The fourth-order valence-corrected chi connectivity index (χ4v) is 1.94. The van der Waals surface area contributed by atoms with Gasteiger partial charge in [0.1, 0.15) is 12.6 Å². The highest BCUT2D eigenvalue weighted by molar-refractivity contribution is 5.82. The minimum Gasteiger partial charge on any atom is -0.356 e. The molecule has 0 fully saturated rings. The molecule has 0 radical (unpaired) electrons. The van der Waals surface area contributed by atoms with E-state index in [4.69, 9.17) is 9.47 Å². The van der Waals surface area contributed by atoms with Gasteiger partial charge in [0.25, 0.3) is 0 Å². The van der Waals surface area contributed by atoms with E-state index in [9.17, 15) is 9.59 Å². The normalized spacial score (nSPS) is 25.4. The molecule has 0 N–H and O–H groups in total. The Bertz CT molecular complexity index is 255. The quantitative estimate of drug-likeness (QED) is 0.486. The van der Waals surface area contributed by atoms with E-state index in [-0.39, 0.29) is 18.1 Å². The Balaban J connectivity index is 2.58. The van der Waals surface area contributed by atoms with Crippen LogP contribution >= 0.6 is 0 Å². The van der Waals surface area contributed by atoms with Gasteiger partial charge in [-0.1, -0.05) is 6.08 Å². The number of allylic oxidation sites excluding steroid dienone is 2. The summed E-state index contributed by atoms with van der Waals surface area (Å²) in [4.78, 5) is 21.5. The van der Waals surface area contributed by atoms with E-state index < -0.39 is 0 Å². The second-order valence-electron chi connectivity index (χ2n) is 3.62. The Morgan fingerprint density at radius 2 is 2.13 bits per heavy atom. The van der Waals surface area contributed by atoms with Crippen LogP contribution in [-0.4, -0.2) is 33.1 Å². The first kappa shape index (κ1) is 12.1. The lowest BCUT2D eigenvalue weighted by atomic mass is 9.90. The van der Waals surface area contributed by atoms with Crippen molar-refractivity contribution >= 4 is 12.6 Å². The van der Waals surface area contributed by atoms with Gasteiger partial charge >= 0.3 is 0 Å². The van der Waals surface area contributed by atoms with Gasteiger partial charge in [-0.2, -0.15) is 0 Å². The van der Waals surface area contributed by atoms with E-state index in [0.29, 0.717) is 12.0 Å². The SMILES string of the molecule is COC(CC1CC=C(C=O)C1C=O)OC. The van der Waals surface area contributed by atoms with Gasteiger partial charge in [-0.05, 0) is 17.9 Å². The van der Waals surface area contributed by atoms with Crippen molar-refractivity contribution in [2.75, 3.05) is 14.2 Å². The van der Waals surface area contributed by atoms with Gasteiger partial charge in [-0.3, -0.25) is 4.79 Å². The number of carbonyl (C=O) groups excluding carboxylic acids is 2. The molecule has 4 nitrogen and oxygen atoms in total. The van der Waals surface area contributed by atoms with Gasteiger partial charge in [-0.15, -0.1) is 0 Å². The molecule has 0 saturated heterocycles. The van der Waals surface area contributed by atoms with Crippen LogP contribution in [0.1, 0.15) is 12.8 Å². The lowest BCUT2D eigenvalue weighted by Gasteiger charge is -2.20. The van der Waals surface area contributed by atoms with Crippen molar-refractivity contribution in [2.24, 2.45) is 11.8 Å². The maximum absolute atomic E-state index is 10.9. The third kappa shape index (κ3) is 2.73. The highest BCUT2D eigenvalue weighted by Gasteiger charge is 2.31. The van der Waals surface area contributed by atoms with Crippen molar-refractivity contribution in [2.45, 2.75) is 19.1 Å². The van der Waals surface area contributed by atoms with Crippen LogP contribution < -0.4 is 0 Å². The molecule has 0 heterocycles. The fourth-order valence-electron chi connectivity index (χ4n) is 1.94. The van der Waals surface area contributed by atoms with Crippen LogP contribution in [0.2, 0.25) is 0 Å². The third-order valence-corrected chi connectivity index (χ3v) is 2.85. The standard InChI is InChI=1S/C11H16O4/c1-14-11(15-2)5-8-3-4-9(6-12)10(8)7-13/h4,6-8,10-11H,3,5H2,1-2H3. The van der Waals surface area contributed by atoms with Crippen LogP contribution in [0.15, 0.2) is 11.6 Å². The number of aldehydes is 2. The molecule has 0 bridgehead atoms. The van der Waals surface area contributed by atoms with Crippen LogP contribution in [0, 0.1) is 11.8 Å². The van der Waals surface area contributed by atoms with Gasteiger partial charge in [0.15, 0.2) is 6.29 Å². The fraction of sp³-hybridized carbons (Fsp3) is 0.636. The Morgan fingerprint density at radius 1 is 1.47 bits per heavy atom. The van der Waals surface area contributed by atoms with Crippen LogP contribution in [0.5, 0.6) is 0 Å². The van der Waals surface area contributed by atoms with E-state index >= 15 is 0 Å². The zero-order valence-corrected chi connectivity index (χ0v) is 9.01. The molecule has 0 spiro atoms. The first-order chi connectivity index (χ1) is 7.26. The molecule has 84 valence electrons. The summed E-state index contributed by atoms with van der Waals surface area (Å²) in [7, 11) is 3.13. The zero-order chi connectivity index (χ0) is 11.3. The maximum Gasteiger partial charge on any atom is 0.157 e. The van der Waals surface area contributed by atoms with Crippen molar-refractivity contribution in [3.63, 3.8) is 0 Å². The maximum atomic E-state index is 10.9. The first-order valence-corrected chi connectivity index (χ1v) is 4.92. The van der Waals surface area contributed by atoms with Crippen LogP contribution in [0.25, 0.3) is 0 Å². The molecule has 1 rings (SSSR count). The van der Waals surface area contributed by atoms with Crippen molar-refractivity contribution in [1.82, 2.24) is 0 Å². The number of carbonyl (C=O) groups is 2. The number of hydrogen-bond acceptors (Lipinski definition) is 4. The molecule has 0 saturated carbocycles. The lowest BCUT2D eigenvalue weighted by Crippen LogP contribution is -2.22. The largest absolute Gasteiger partial charge is 0.356 e. The summed E-state index contributed by atoms with van der Waals surface area (Å²) < 4.78 is 10.1. The first-order valence-electron chi connectivity index (χ1n) is 4.92. The molecule has 4 heteroatoms. The minimum absolute atomic E-state index is 0.118. The minimum atomic E-state index is -0.308. The lowest BCUT2D eigenvalue weighted by molar-refractivity contribution is -0.122. The molecular weight excluding hydrogens is 196 g/mol. The van der Waals surface area contributed by atoms with E-state index in [1.807, 2.05) is 6.08 Å². The Hall–Kier alpha value is -1.00. The molecule has 15 heavy (non-hydrogen) atoms. The highest BCUT2D eigenvalue weighted by atomic mass is 16.7. The predicted molar refractivity (Wildman–Crippen MR) is 54.2 cm³/mol.